The summed E-state index contributed by atoms with van der Waals surface area (Å²) in [5.41, 5.74) is 5.37. The summed E-state index contributed by atoms with van der Waals surface area (Å²) >= 11 is 0.806. The molecule has 0 fully saturated rings. The number of aromatic nitrogens is 3. The number of anilines is 1. The highest BCUT2D eigenvalue weighted by atomic mass is 32.2. The fourth-order valence-corrected chi connectivity index (χ4v) is 2.06. The number of hydrogen-bond donors (Lipinski definition) is 2. The van der Waals surface area contributed by atoms with Gasteiger partial charge in [-0.1, -0.05) is 11.8 Å². The van der Waals surface area contributed by atoms with Gasteiger partial charge in [-0.05, 0) is 12.1 Å². The number of carboxylic acid groups (broad SMARTS) is 1. The first kappa shape index (κ1) is 13.3. The normalized spacial score (nSPS) is 10.6. The lowest BCUT2D eigenvalue weighted by Crippen LogP contribution is -2.06. The molecular weight excluding hydrogens is 278 g/mol. The maximum atomic E-state index is 13.7. The van der Waals surface area contributed by atoms with E-state index in [-0.39, 0.29) is 22.5 Å². The number of carbonyl (C=O) groups is 1. The minimum atomic E-state index is -1.07. The first-order valence-electron chi connectivity index (χ1n) is 5.00. The molecule has 2 rings (SSSR count). The summed E-state index contributed by atoms with van der Waals surface area (Å²) in [6.07, 6.45) is 0. The summed E-state index contributed by atoms with van der Waals surface area (Å²) in [7, 11) is 0. The summed E-state index contributed by atoms with van der Waals surface area (Å²) in [5, 5.41) is 15.8. The standard InChI is InChI=1S/C10H8F2N4O2S/c11-5-1-2-6(12)7(3-5)16-9(13)14-15-10(16)19-4-8(17)18/h1-3H,4H2,(H2,13,14)(H,17,18). The highest BCUT2D eigenvalue weighted by Crippen LogP contribution is 2.25. The quantitative estimate of drug-likeness (QED) is 0.823. The molecule has 3 N–H and O–H groups in total. The van der Waals surface area contributed by atoms with E-state index in [2.05, 4.69) is 10.2 Å². The van der Waals surface area contributed by atoms with E-state index in [9.17, 15) is 13.6 Å². The molecule has 2 aromatic rings. The van der Waals surface area contributed by atoms with Gasteiger partial charge in [-0.3, -0.25) is 9.36 Å². The van der Waals surface area contributed by atoms with Crippen molar-refractivity contribution in [1.29, 1.82) is 0 Å². The summed E-state index contributed by atoms with van der Waals surface area (Å²) in [4.78, 5) is 10.5. The van der Waals surface area contributed by atoms with Crippen molar-refractivity contribution < 1.29 is 18.7 Å². The Morgan fingerprint density at radius 3 is 2.84 bits per heavy atom. The number of nitrogen functional groups attached to an aromatic ring is 1. The Morgan fingerprint density at radius 1 is 1.42 bits per heavy atom. The topological polar surface area (TPSA) is 94.0 Å². The molecule has 0 amide bonds. The van der Waals surface area contributed by atoms with E-state index < -0.39 is 17.6 Å². The van der Waals surface area contributed by atoms with E-state index in [0.717, 1.165) is 34.5 Å². The van der Waals surface area contributed by atoms with Crippen LogP contribution in [0.3, 0.4) is 0 Å². The van der Waals surface area contributed by atoms with Crippen LogP contribution in [0.2, 0.25) is 0 Å². The van der Waals surface area contributed by atoms with Crippen LogP contribution < -0.4 is 5.73 Å². The van der Waals surface area contributed by atoms with Crippen LogP contribution in [-0.4, -0.2) is 31.6 Å². The lowest BCUT2D eigenvalue weighted by atomic mass is 10.3. The number of halogens is 2. The Morgan fingerprint density at radius 2 is 2.16 bits per heavy atom. The van der Waals surface area contributed by atoms with E-state index in [4.69, 9.17) is 10.8 Å². The van der Waals surface area contributed by atoms with Gasteiger partial charge >= 0.3 is 5.97 Å². The molecule has 0 radical (unpaired) electrons. The number of aliphatic carboxylic acids is 1. The second-order valence-electron chi connectivity index (χ2n) is 3.45. The van der Waals surface area contributed by atoms with Gasteiger partial charge in [-0.25, -0.2) is 8.78 Å². The molecular formula is C10H8F2N4O2S. The molecule has 9 heteroatoms. The van der Waals surface area contributed by atoms with Gasteiger partial charge in [0.2, 0.25) is 5.95 Å². The van der Waals surface area contributed by atoms with Crippen molar-refractivity contribution in [2.24, 2.45) is 0 Å². The number of thioether (sulfide) groups is 1. The molecule has 19 heavy (non-hydrogen) atoms. The Bertz CT molecular complexity index is 632. The summed E-state index contributed by atoms with van der Waals surface area (Å²) < 4.78 is 27.9. The number of nitrogens with zero attached hydrogens (tertiary/aromatic N) is 3. The fourth-order valence-electron chi connectivity index (χ4n) is 1.38. The lowest BCUT2D eigenvalue weighted by Gasteiger charge is -2.08. The molecule has 1 heterocycles. The van der Waals surface area contributed by atoms with Gasteiger partial charge in [0.05, 0.1) is 11.4 Å². The van der Waals surface area contributed by atoms with Gasteiger partial charge in [-0.15, -0.1) is 10.2 Å². The van der Waals surface area contributed by atoms with Crippen LogP contribution >= 0.6 is 11.8 Å². The SMILES string of the molecule is Nc1nnc(SCC(=O)O)n1-c1cc(F)ccc1F. The van der Waals surface area contributed by atoms with Crippen molar-refractivity contribution in [3.63, 3.8) is 0 Å². The number of carboxylic acids is 1. The second-order valence-corrected chi connectivity index (χ2v) is 4.40. The van der Waals surface area contributed by atoms with Gasteiger partial charge in [0.1, 0.15) is 11.6 Å². The van der Waals surface area contributed by atoms with Gasteiger partial charge < -0.3 is 10.8 Å². The molecule has 100 valence electrons. The van der Waals surface area contributed by atoms with Crippen LogP contribution in [0.15, 0.2) is 23.4 Å². The average Bonchev–Trinajstić information content (AvgIpc) is 2.71. The lowest BCUT2D eigenvalue weighted by molar-refractivity contribution is -0.133. The van der Waals surface area contributed by atoms with Crippen LogP contribution in [0.1, 0.15) is 0 Å². The Labute approximate surface area is 110 Å². The largest absolute Gasteiger partial charge is 0.481 e. The average molecular weight is 286 g/mol. The predicted octanol–water partition coefficient (Wildman–Crippen LogP) is 1.30. The zero-order valence-electron chi connectivity index (χ0n) is 9.38. The monoisotopic (exact) mass is 286 g/mol. The van der Waals surface area contributed by atoms with Crippen LogP contribution in [0.4, 0.5) is 14.7 Å². The molecule has 0 aliphatic heterocycles. The van der Waals surface area contributed by atoms with Crippen molar-refractivity contribution in [2.75, 3.05) is 11.5 Å². The highest BCUT2D eigenvalue weighted by molar-refractivity contribution is 7.99. The van der Waals surface area contributed by atoms with Crippen LogP contribution in [0.25, 0.3) is 5.69 Å². The third-order valence-corrected chi connectivity index (χ3v) is 3.05. The third-order valence-electron chi connectivity index (χ3n) is 2.13. The van der Waals surface area contributed by atoms with Crippen LogP contribution in [0.5, 0.6) is 0 Å². The van der Waals surface area contributed by atoms with Gasteiger partial charge in [0, 0.05) is 6.07 Å². The van der Waals surface area contributed by atoms with E-state index in [1.54, 1.807) is 0 Å². The smallest absolute Gasteiger partial charge is 0.313 e. The van der Waals surface area contributed by atoms with E-state index in [0.29, 0.717) is 0 Å². The van der Waals surface area contributed by atoms with E-state index in [1.165, 1.54) is 0 Å². The number of hydrogen-bond acceptors (Lipinski definition) is 5. The van der Waals surface area contributed by atoms with Crippen molar-refractivity contribution in [2.45, 2.75) is 5.16 Å². The molecule has 0 saturated heterocycles. The number of nitrogens with two attached hydrogens (primary N) is 1. The van der Waals surface area contributed by atoms with Crippen molar-refractivity contribution >= 4 is 23.7 Å². The summed E-state index contributed by atoms with van der Waals surface area (Å²) in [5.74, 6) is -2.89. The Balaban J connectivity index is 2.46. The maximum absolute atomic E-state index is 13.7. The number of rotatable bonds is 4. The molecule has 1 aromatic carbocycles. The molecule has 0 aliphatic rings. The van der Waals surface area contributed by atoms with Gasteiger partial charge in [0.15, 0.2) is 5.16 Å². The van der Waals surface area contributed by atoms with Crippen molar-refractivity contribution in [3.05, 3.63) is 29.8 Å². The number of benzene rings is 1. The zero-order valence-corrected chi connectivity index (χ0v) is 10.2. The first-order valence-corrected chi connectivity index (χ1v) is 5.98. The maximum Gasteiger partial charge on any atom is 0.313 e. The fraction of sp³-hybridized carbons (Fsp3) is 0.100. The molecule has 0 aliphatic carbocycles. The van der Waals surface area contributed by atoms with E-state index in [1.807, 2.05) is 0 Å². The summed E-state index contributed by atoms with van der Waals surface area (Å²) in [6.45, 7) is 0. The molecule has 0 bridgehead atoms. The second kappa shape index (κ2) is 5.22. The minimum absolute atomic E-state index is 0.0735. The van der Waals surface area contributed by atoms with Crippen LogP contribution in [0, 0.1) is 11.6 Å². The molecule has 1 aromatic heterocycles. The third kappa shape index (κ3) is 2.81. The first-order chi connectivity index (χ1) is 8.99. The molecule has 0 spiro atoms. The van der Waals surface area contributed by atoms with E-state index >= 15 is 0 Å². The molecule has 0 unspecified atom stereocenters. The zero-order chi connectivity index (χ0) is 14.0. The summed E-state index contributed by atoms with van der Waals surface area (Å²) in [6, 6.07) is 2.83. The van der Waals surface area contributed by atoms with Gasteiger partial charge in [0.25, 0.3) is 0 Å². The molecule has 0 atom stereocenters. The highest BCUT2D eigenvalue weighted by Gasteiger charge is 2.17. The Hall–Kier alpha value is -2.16. The molecule has 6 nitrogen and oxygen atoms in total. The molecule has 0 saturated carbocycles. The van der Waals surface area contributed by atoms with Gasteiger partial charge in [-0.2, -0.15) is 0 Å². The Kier molecular flexibility index (Phi) is 3.65. The van der Waals surface area contributed by atoms with Crippen molar-refractivity contribution in [1.82, 2.24) is 14.8 Å². The van der Waals surface area contributed by atoms with Crippen molar-refractivity contribution in [3.8, 4) is 5.69 Å². The van der Waals surface area contributed by atoms with Crippen LogP contribution in [-0.2, 0) is 4.79 Å². The predicted molar refractivity (Wildman–Crippen MR) is 64.0 cm³/mol. The minimum Gasteiger partial charge on any atom is -0.481 e.